The molecule has 2 rings (SSSR count). The molecule has 0 spiro atoms. The summed E-state index contributed by atoms with van der Waals surface area (Å²) in [4.78, 5) is 12.1. The number of amides is 1. The minimum atomic E-state index is -4.77. The molecular formula is C16H13F4N3O2. The average molecular weight is 355 g/mol. The van der Waals surface area contributed by atoms with Gasteiger partial charge in [0.05, 0.1) is 23.7 Å². The van der Waals surface area contributed by atoms with E-state index in [0.29, 0.717) is 6.07 Å². The molecule has 0 saturated heterocycles. The zero-order valence-corrected chi connectivity index (χ0v) is 12.9. The van der Waals surface area contributed by atoms with E-state index in [4.69, 9.17) is 5.26 Å². The van der Waals surface area contributed by atoms with Gasteiger partial charge in [0.2, 0.25) is 0 Å². The fourth-order valence-electron chi connectivity index (χ4n) is 2.16. The zero-order valence-electron chi connectivity index (χ0n) is 12.9. The fraction of sp³-hybridized carbons (Fsp3) is 0.250. The monoisotopic (exact) mass is 355 g/mol. The van der Waals surface area contributed by atoms with Gasteiger partial charge in [-0.25, -0.2) is 4.39 Å². The molecule has 1 amide bonds. The summed E-state index contributed by atoms with van der Waals surface area (Å²) in [5, 5.41) is 21.1. The van der Waals surface area contributed by atoms with Gasteiger partial charge in [0.25, 0.3) is 5.91 Å². The molecule has 0 unspecified atom stereocenters. The summed E-state index contributed by atoms with van der Waals surface area (Å²) in [6.45, 7) is 0.847. The van der Waals surface area contributed by atoms with Gasteiger partial charge < -0.3 is 15.0 Å². The molecule has 0 aliphatic heterocycles. The number of nitrogens with one attached hydrogen (secondary N) is 1. The maximum atomic E-state index is 12.9. The summed E-state index contributed by atoms with van der Waals surface area (Å²) in [7, 11) is 0. The number of halogens is 4. The SMILES string of the molecule is C[C@](O)(Cn1ccc(F)c1)C(=O)Nc1ccc(C#N)c(C(F)(F)F)c1. The maximum absolute atomic E-state index is 12.9. The minimum absolute atomic E-state index is 0.227. The Morgan fingerprint density at radius 2 is 2.04 bits per heavy atom. The molecule has 5 nitrogen and oxygen atoms in total. The number of hydrogen-bond acceptors (Lipinski definition) is 3. The van der Waals surface area contributed by atoms with Gasteiger partial charge in [-0.15, -0.1) is 0 Å². The lowest BCUT2D eigenvalue weighted by Crippen LogP contribution is -2.43. The smallest absolute Gasteiger partial charge is 0.378 e. The van der Waals surface area contributed by atoms with Crippen LogP contribution >= 0.6 is 0 Å². The molecule has 1 heterocycles. The Labute approximate surface area is 140 Å². The number of rotatable bonds is 4. The van der Waals surface area contributed by atoms with Crippen LogP contribution in [0.5, 0.6) is 0 Å². The highest BCUT2D eigenvalue weighted by Gasteiger charge is 2.35. The Bertz CT molecular complexity index is 835. The Balaban J connectivity index is 2.21. The van der Waals surface area contributed by atoms with Gasteiger partial charge in [-0.2, -0.15) is 18.4 Å². The van der Waals surface area contributed by atoms with Crippen LogP contribution in [0.4, 0.5) is 23.2 Å². The van der Waals surface area contributed by atoms with Crippen LogP contribution in [-0.2, 0) is 17.5 Å². The van der Waals surface area contributed by atoms with E-state index in [0.717, 1.165) is 31.3 Å². The first kappa shape index (κ1) is 18.5. The normalized spacial score (nSPS) is 13.8. The van der Waals surface area contributed by atoms with E-state index in [1.807, 2.05) is 0 Å². The van der Waals surface area contributed by atoms with Crippen LogP contribution < -0.4 is 5.32 Å². The second-order valence-electron chi connectivity index (χ2n) is 5.60. The van der Waals surface area contributed by atoms with Crippen LogP contribution in [0.3, 0.4) is 0 Å². The molecule has 0 bridgehead atoms. The summed E-state index contributed by atoms with van der Waals surface area (Å²) < 4.78 is 52.9. The van der Waals surface area contributed by atoms with Crippen molar-refractivity contribution in [2.75, 3.05) is 5.32 Å². The van der Waals surface area contributed by atoms with Crippen molar-refractivity contribution in [3.05, 3.63) is 53.6 Å². The van der Waals surface area contributed by atoms with Gasteiger partial charge in [-0.1, -0.05) is 0 Å². The number of alkyl halides is 3. The molecular weight excluding hydrogens is 342 g/mol. The number of aliphatic hydroxyl groups is 1. The highest BCUT2D eigenvalue weighted by Crippen LogP contribution is 2.33. The Kier molecular flexibility index (Phi) is 4.85. The van der Waals surface area contributed by atoms with Gasteiger partial charge >= 0.3 is 6.18 Å². The third-order valence-electron chi connectivity index (χ3n) is 3.40. The second kappa shape index (κ2) is 6.57. The minimum Gasteiger partial charge on any atom is -0.378 e. The topological polar surface area (TPSA) is 78.1 Å². The first-order valence-electron chi connectivity index (χ1n) is 6.99. The molecule has 132 valence electrons. The van der Waals surface area contributed by atoms with E-state index < -0.39 is 34.6 Å². The van der Waals surface area contributed by atoms with E-state index in [1.54, 1.807) is 0 Å². The Morgan fingerprint density at radius 3 is 2.56 bits per heavy atom. The van der Waals surface area contributed by atoms with Crippen molar-refractivity contribution in [2.24, 2.45) is 0 Å². The zero-order chi connectivity index (χ0) is 18.8. The summed E-state index contributed by atoms with van der Waals surface area (Å²) in [6.07, 6.45) is -2.40. The number of nitrogens with zero attached hydrogens (tertiary/aromatic N) is 2. The maximum Gasteiger partial charge on any atom is 0.417 e. The first-order valence-corrected chi connectivity index (χ1v) is 6.99. The first-order chi connectivity index (χ1) is 11.5. The number of nitriles is 1. The molecule has 2 N–H and O–H groups in total. The Morgan fingerprint density at radius 1 is 1.36 bits per heavy atom. The summed E-state index contributed by atoms with van der Waals surface area (Å²) in [5.74, 6) is -1.53. The van der Waals surface area contributed by atoms with Gasteiger partial charge in [-0.05, 0) is 31.2 Å². The predicted molar refractivity (Wildman–Crippen MR) is 79.8 cm³/mol. The quantitative estimate of drug-likeness (QED) is 0.828. The molecule has 0 aliphatic carbocycles. The van der Waals surface area contributed by atoms with Crippen LogP contribution in [0.25, 0.3) is 0 Å². The fourth-order valence-corrected chi connectivity index (χ4v) is 2.16. The van der Waals surface area contributed by atoms with E-state index in [1.165, 1.54) is 16.8 Å². The molecule has 2 aromatic rings. The lowest BCUT2D eigenvalue weighted by molar-refractivity contribution is -0.138. The van der Waals surface area contributed by atoms with E-state index in [-0.39, 0.29) is 12.2 Å². The van der Waals surface area contributed by atoms with E-state index in [2.05, 4.69) is 5.32 Å². The number of benzene rings is 1. The van der Waals surface area contributed by atoms with Gasteiger partial charge in [0.15, 0.2) is 5.60 Å². The predicted octanol–water partition coefficient (Wildman–Crippen LogP) is 2.91. The van der Waals surface area contributed by atoms with Crippen LogP contribution in [0.1, 0.15) is 18.1 Å². The highest BCUT2D eigenvalue weighted by atomic mass is 19.4. The van der Waals surface area contributed by atoms with E-state index >= 15 is 0 Å². The molecule has 0 radical (unpaired) electrons. The second-order valence-corrected chi connectivity index (χ2v) is 5.60. The van der Waals surface area contributed by atoms with Crippen LogP contribution in [0, 0.1) is 17.1 Å². The van der Waals surface area contributed by atoms with Crippen molar-refractivity contribution in [2.45, 2.75) is 25.2 Å². The van der Waals surface area contributed by atoms with Crippen LogP contribution in [-0.4, -0.2) is 21.2 Å². The molecule has 1 aromatic carbocycles. The lowest BCUT2D eigenvalue weighted by atomic mass is 10.0. The van der Waals surface area contributed by atoms with Crippen LogP contribution in [0.2, 0.25) is 0 Å². The molecule has 0 fully saturated rings. The number of aromatic nitrogens is 1. The lowest BCUT2D eigenvalue weighted by Gasteiger charge is -2.23. The molecule has 9 heteroatoms. The summed E-state index contributed by atoms with van der Waals surface area (Å²) >= 11 is 0. The van der Waals surface area contributed by atoms with Crippen molar-refractivity contribution < 1.29 is 27.5 Å². The number of carbonyl (C=O) groups excluding carboxylic acids is 1. The number of hydrogen-bond donors (Lipinski definition) is 2. The molecule has 1 atom stereocenters. The third kappa shape index (κ3) is 4.36. The summed E-state index contributed by atoms with van der Waals surface area (Å²) in [6, 6.07) is 5.22. The summed E-state index contributed by atoms with van der Waals surface area (Å²) in [5.41, 5.74) is -4.01. The Hall–Kier alpha value is -2.86. The number of carbonyl (C=O) groups is 1. The largest absolute Gasteiger partial charge is 0.417 e. The van der Waals surface area contributed by atoms with E-state index in [9.17, 15) is 27.5 Å². The molecule has 0 saturated carbocycles. The van der Waals surface area contributed by atoms with Crippen molar-refractivity contribution in [3.8, 4) is 6.07 Å². The average Bonchev–Trinajstić information content (AvgIpc) is 2.90. The van der Waals surface area contributed by atoms with Crippen molar-refractivity contribution in [3.63, 3.8) is 0 Å². The van der Waals surface area contributed by atoms with Gasteiger partial charge in [0.1, 0.15) is 5.82 Å². The third-order valence-corrected chi connectivity index (χ3v) is 3.40. The molecule has 25 heavy (non-hydrogen) atoms. The van der Waals surface area contributed by atoms with Crippen molar-refractivity contribution in [1.82, 2.24) is 4.57 Å². The number of anilines is 1. The molecule has 1 aromatic heterocycles. The van der Waals surface area contributed by atoms with Crippen molar-refractivity contribution in [1.29, 1.82) is 5.26 Å². The van der Waals surface area contributed by atoms with Gasteiger partial charge in [0, 0.05) is 18.1 Å². The van der Waals surface area contributed by atoms with Gasteiger partial charge in [-0.3, -0.25) is 4.79 Å². The highest BCUT2D eigenvalue weighted by molar-refractivity contribution is 5.96. The van der Waals surface area contributed by atoms with Crippen molar-refractivity contribution >= 4 is 11.6 Å². The standard InChI is InChI=1S/C16H13F4N3O2/c1-15(25,9-23-5-4-11(17)8-23)14(24)22-12-3-2-10(7-21)13(6-12)16(18,19)20/h2-6,8,25H,9H2,1H3,(H,22,24)/t15-/m0/s1. The molecule has 0 aliphatic rings. The van der Waals surface area contributed by atoms with Crippen LogP contribution in [0.15, 0.2) is 36.7 Å².